The predicted molar refractivity (Wildman–Crippen MR) is 104 cm³/mol. The average molecular weight is 407 g/mol. The molecule has 0 fully saturated rings. The molecule has 150 valence electrons. The van der Waals surface area contributed by atoms with Crippen molar-refractivity contribution in [3.05, 3.63) is 57.6 Å². The summed E-state index contributed by atoms with van der Waals surface area (Å²) in [7, 11) is -2.76. The zero-order valence-electron chi connectivity index (χ0n) is 15.7. The Morgan fingerprint density at radius 2 is 1.93 bits per heavy atom. The molecule has 0 atom stereocenters. The molecule has 2 rings (SSSR count). The molecule has 2 aromatic carbocycles. The van der Waals surface area contributed by atoms with E-state index in [1.165, 1.54) is 19.2 Å². The standard InChI is InChI=1S/C18H21N3O6S/c1-12-5-4-6-15(13(12)2)20-18(22)9-10-19-28(25,26)14-7-8-17(27-3)16(11-14)21(23)24/h4-8,11,19H,9-10H2,1-3H3,(H,20,22). The van der Waals surface area contributed by atoms with E-state index in [0.717, 1.165) is 17.2 Å². The molecule has 10 heteroatoms. The number of ether oxygens (including phenoxy) is 1. The molecule has 0 spiro atoms. The van der Waals surface area contributed by atoms with Crippen molar-refractivity contribution in [2.45, 2.75) is 25.2 Å². The number of aryl methyl sites for hydroxylation is 1. The first-order valence-electron chi connectivity index (χ1n) is 8.34. The number of anilines is 1. The number of nitrogens with zero attached hydrogens (tertiary/aromatic N) is 1. The molecule has 0 bridgehead atoms. The van der Waals surface area contributed by atoms with Gasteiger partial charge in [0.25, 0.3) is 0 Å². The van der Waals surface area contributed by atoms with Crippen molar-refractivity contribution in [2.24, 2.45) is 0 Å². The quantitative estimate of drug-likeness (QED) is 0.511. The lowest BCUT2D eigenvalue weighted by atomic mass is 10.1. The maximum Gasteiger partial charge on any atom is 0.312 e. The first-order valence-corrected chi connectivity index (χ1v) is 9.82. The second kappa shape index (κ2) is 8.81. The topological polar surface area (TPSA) is 128 Å². The van der Waals surface area contributed by atoms with Crippen LogP contribution in [0.3, 0.4) is 0 Å². The van der Waals surface area contributed by atoms with E-state index in [2.05, 4.69) is 10.0 Å². The fourth-order valence-corrected chi connectivity index (χ4v) is 3.51. The monoisotopic (exact) mass is 407 g/mol. The summed E-state index contributed by atoms with van der Waals surface area (Å²) >= 11 is 0. The van der Waals surface area contributed by atoms with Crippen molar-refractivity contribution in [3.63, 3.8) is 0 Å². The molecule has 0 unspecified atom stereocenters. The van der Waals surface area contributed by atoms with Crippen LogP contribution >= 0.6 is 0 Å². The highest BCUT2D eigenvalue weighted by atomic mass is 32.2. The summed E-state index contributed by atoms with van der Waals surface area (Å²) in [5.41, 5.74) is 2.17. The number of rotatable bonds is 8. The van der Waals surface area contributed by atoms with Gasteiger partial charge in [0.2, 0.25) is 15.9 Å². The largest absolute Gasteiger partial charge is 0.490 e. The normalized spacial score (nSPS) is 11.1. The van der Waals surface area contributed by atoms with Crippen LogP contribution in [0.25, 0.3) is 0 Å². The van der Waals surface area contributed by atoms with Gasteiger partial charge in [-0.1, -0.05) is 12.1 Å². The van der Waals surface area contributed by atoms with Crippen molar-refractivity contribution in [2.75, 3.05) is 19.0 Å². The summed E-state index contributed by atoms with van der Waals surface area (Å²) in [6.07, 6.45) is -0.0924. The molecule has 0 aliphatic carbocycles. The van der Waals surface area contributed by atoms with Crippen LogP contribution in [0.4, 0.5) is 11.4 Å². The molecule has 9 nitrogen and oxygen atoms in total. The lowest BCUT2D eigenvalue weighted by molar-refractivity contribution is -0.386. The van der Waals surface area contributed by atoms with Crippen LogP contribution in [-0.4, -0.2) is 32.9 Å². The number of nitro groups is 1. The van der Waals surface area contributed by atoms with Crippen LogP contribution < -0.4 is 14.8 Å². The molecule has 0 saturated heterocycles. The van der Waals surface area contributed by atoms with Crippen molar-refractivity contribution in [1.82, 2.24) is 4.72 Å². The van der Waals surface area contributed by atoms with Gasteiger partial charge in [0.05, 0.1) is 16.9 Å². The van der Waals surface area contributed by atoms with Crippen molar-refractivity contribution >= 4 is 27.3 Å². The zero-order valence-corrected chi connectivity index (χ0v) is 16.5. The Labute approximate surface area is 162 Å². The summed E-state index contributed by atoms with van der Waals surface area (Å²) in [5.74, 6) is -0.394. The Bertz CT molecular complexity index is 1000. The zero-order chi connectivity index (χ0) is 20.9. The van der Waals surface area contributed by atoms with Gasteiger partial charge >= 0.3 is 5.69 Å². The van der Waals surface area contributed by atoms with Gasteiger partial charge < -0.3 is 10.1 Å². The van der Waals surface area contributed by atoms with Gasteiger partial charge in [-0.25, -0.2) is 13.1 Å². The van der Waals surface area contributed by atoms with Gasteiger partial charge in [0.15, 0.2) is 5.75 Å². The number of carbonyl (C=O) groups excluding carboxylic acids is 1. The summed E-state index contributed by atoms with van der Waals surface area (Å²) in [6, 6.07) is 8.83. The molecule has 2 N–H and O–H groups in total. The van der Waals surface area contributed by atoms with E-state index in [0.29, 0.717) is 5.69 Å². The van der Waals surface area contributed by atoms with E-state index in [-0.39, 0.29) is 29.5 Å². The van der Waals surface area contributed by atoms with E-state index in [1.54, 1.807) is 6.07 Å². The van der Waals surface area contributed by atoms with E-state index in [9.17, 15) is 23.3 Å². The Kier molecular flexibility index (Phi) is 6.71. The molecular weight excluding hydrogens is 386 g/mol. The fourth-order valence-electron chi connectivity index (χ4n) is 2.46. The van der Waals surface area contributed by atoms with Crippen LogP contribution in [0.15, 0.2) is 41.3 Å². The fraction of sp³-hybridized carbons (Fsp3) is 0.278. The van der Waals surface area contributed by atoms with Crippen molar-refractivity contribution < 1.29 is 22.9 Å². The van der Waals surface area contributed by atoms with E-state index in [1.807, 2.05) is 26.0 Å². The molecule has 0 aliphatic rings. The third-order valence-electron chi connectivity index (χ3n) is 4.18. The molecule has 28 heavy (non-hydrogen) atoms. The number of nitro benzene ring substituents is 1. The molecule has 0 saturated carbocycles. The third kappa shape index (κ3) is 5.05. The Morgan fingerprint density at radius 3 is 2.57 bits per heavy atom. The van der Waals surface area contributed by atoms with Crippen molar-refractivity contribution in [3.8, 4) is 5.75 Å². The first kappa shape index (κ1) is 21.3. The predicted octanol–water partition coefficient (Wildman–Crippen LogP) is 2.53. The molecule has 0 radical (unpaired) electrons. The minimum Gasteiger partial charge on any atom is -0.490 e. The average Bonchev–Trinajstić information content (AvgIpc) is 2.64. The Balaban J connectivity index is 2.02. The number of nitrogens with one attached hydrogen (secondary N) is 2. The molecule has 0 heterocycles. The second-order valence-corrected chi connectivity index (χ2v) is 7.80. The second-order valence-electron chi connectivity index (χ2n) is 6.03. The lowest BCUT2D eigenvalue weighted by Crippen LogP contribution is -2.28. The number of methoxy groups -OCH3 is 1. The van der Waals surface area contributed by atoms with Gasteiger partial charge in [-0.3, -0.25) is 14.9 Å². The number of carbonyl (C=O) groups is 1. The minimum atomic E-state index is -4.01. The van der Waals surface area contributed by atoms with Gasteiger partial charge in [0.1, 0.15) is 0 Å². The first-order chi connectivity index (χ1) is 13.2. The number of benzene rings is 2. The van der Waals surface area contributed by atoms with Gasteiger partial charge in [0, 0.05) is 24.7 Å². The van der Waals surface area contributed by atoms with E-state index >= 15 is 0 Å². The highest BCUT2D eigenvalue weighted by Crippen LogP contribution is 2.29. The highest BCUT2D eigenvalue weighted by Gasteiger charge is 2.22. The van der Waals surface area contributed by atoms with Crippen molar-refractivity contribution in [1.29, 1.82) is 0 Å². The van der Waals surface area contributed by atoms with Gasteiger partial charge in [-0.15, -0.1) is 0 Å². The van der Waals surface area contributed by atoms with E-state index < -0.39 is 20.6 Å². The minimum absolute atomic E-state index is 0.0446. The Hall–Kier alpha value is -2.98. The molecule has 0 aromatic heterocycles. The number of sulfonamides is 1. The van der Waals surface area contributed by atoms with Gasteiger partial charge in [-0.05, 0) is 43.2 Å². The van der Waals surface area contributed by atoms with Crippen LogP contribution in [0, 0.1) is 24.0 Å². The van der Waals surface area contributed by atoms with Crippen LogP contribution in [-0.2, 0) is 14.8 Å². The SMILES string of the molecule is COc1ccc(S(=O)(=O)NCCC(=O)Nc2cccc(C)c2C)cc1[N+](=O)[O-]. The summed E-state index contributed by atoms with van der Waals surface area (Å²) in [4.78, 5) is 22.1. The maximum atomic E-state index is 12.3. The van der Waals surface area contributed by atoms with E-state index in [4.69, 9.17) is 4.74 Å². The number of amides is 1. The molecule has 1 amide bonds. The summed E-state index contributed by atoms with van der Waals surface area (Å²) in [6.45, 7) is 3.65. The smallest absolute Gasteiger partial charge is 0.312 e. The third-order valence-corrected chi connectivity index (χ3v) is 5.64. The summed E-state index contributed by atoms with van der Waals surface area (Å²) < 4.78 is 31.8. The van der Waals surface area contributed by atoms with Gasteiger partial charge in [-0.2, -0.15) is 0 Å². The number of hydrogen-bond acceptors (Lipinski definition) is 6. The Morgan fingerprint density at radius 1 is 1.21 bits per heavy atom. The molecule has 2 aromatic rings. The molecular formula is C18H21N3O6S. The van der Waals surface area contributed by atoms with Crippen LogP contribution in [0.1, 0.15) is 17.5 Å². The number of hydrogen-bond donors (Lipinski definition) is 2. The highest BCUT2D eigenvalue weighted by molar-refractivity contribution is 7.89. The molecule has 0 aliphatic heterocycles. The van der Waals surface area contributed by atoms with Crippen LogP contribution in [0.5, 0.6) is 5.75 Å². The van der Waals surface area contributed by atoms with Crippen LogP contribution in [0.2, 0.25) is 0 Å². The lowest BCUT2D eigenvalue weighted by Gasteiger charge is -2.11. The maximum absolute atomic E-state index is 12.3. The summed E-state index contributed by atoms with van der Waals surface area (Å²) in [5, 5.41) is 13.8.